The lowest BCUT2D eigenvalue weighted by Crippen LogP contribution is -2.30. The van der Waals surface area contributed by atoms with E-state index in [1.165, 1.54) is 12.1 Å². The normalized spacial score (nSPS) is 19.2. The molecule has 0 aromatic heterocycles. The summed E-state index contributed by atoms with van der Waals surface area (Å²) in [6.07, 6.45) is 7.05. The molecular weight excluding hydrogens is 319 g/mol. The first-order chi connectivity index (χ1) is 9.42. The van der Waals surface area contributed by atoms with Crippen LogP contribution in [0.15, 0.2) is 29.2 Å². The third-order valence-corrected chi connectivity index (χ3v) is 5.64. The van der Waals surface area contributed by atoms with E-state index in [1.54, 1.807) is 0 Å². The Hall–Kier alpha value is -0.750. The third kappa shape index (κ3) is 3.47. The smallest absolute Gasteiger partial charge is 0.242 e. The number of hydrogen-bond donors (Lipinski definition) is 2. The van der Waals surface area contributed by atoms with E-state index in [0.717, 1.165) is 19.3 Å². The summed E-state index contributed by atoms with van der Waals surface area (Å²) in [6, 6.07) is 2.80. The minimum atomic E-state index is -3.67. The zero-order chi connectivity index (χ0) is 14.8. The topological polar surface area (TPSA) is 72.2 Å². The van der Waals surface area contributed by atoms with Crippen molar-refractivity contribution in [3.63, 3.8) is 0 Å². The fourth-order valence-electron chi connectivity index (χ4n) is 2.10. The molecule has 20 heavy (non-hydrogen) atoms. The molecule has 0 fully saturated rings. The monoisotopic (exact) mass is 334 g/mol. The van der Waals surface area contributed by atoms with Crippen LogP contribution in [0.1, 0.15) is 19.3 Å². The van der Waals surface area contributed by atoms with Gasteiger partial charge in [0.1, 0.15) is 4.90 Å². The molecule has 2 rings (SSSR count). The van der Waals surface area contributed by atoms with Crippen molar-refractivity contribution >= 4 is 38.9 Å². The predicted octanol–water partition coefficient (Wildman–Crippen LogP) is 3.21. The summed E-state index contributed by atoms with van der Waals surface area (Å²) in [6.45, 7) is 0.394. The number of hydrogen-bond acceptors (Lipinski definition) is 3. The molecule has 1 aliphatic carbocycles. The Morgan fingerprint density at radius 2 is 2.05 bits per heavy atom. The summed E-state index contributed by atoms with van der Waals surface area (Å²) < 4.78 is 27.1. The largest absolute Gasteiger partial charge is 0.396 e. The zero-order valence-electron chi connectivity index (χ0n) is 10.8. The lowest BCUT2D eigenvalue weighted by Gasteiger charge is -2.18. The number of sulfonamides is 1. The molecule has 0 bridgehead atoms. The predicted molar refractivity (Wildman–Crippen MR) is 82.5 cm³/mol. The highest BCUT2D eigenvalue weighted by Crippen LogP contribution is 2.33. The Balaban J connectivity index is 2.14. The van der Waals surface area contributed by atoms with Crippen LogP contribution < -0.4 is 10.5 Å². The van der Waals surface area contributed by atoms with Gasteiger partial charge in [0.2, 0.25) is 10.0 Å². The molecule has 0 aliphatic heterocycles. The van der Waals surface area contributed by atoms with Crippen molar-refractivity contribution in [3.05, 3.63) is 34.3 Å². The van der Waals surface area contributed by atoms with E-state index >= 15 is 0 Å². The SMILES string of the molecule is Nc1c(Cl)ccc(S(=O)(=O)NCC2CC=CCC2)c1Cl. The summed E-state index contributed by atoms with van der Waals surface area (Å²) in [5.41, 5.74) is 5.73. The lowest BCUT2D eigenvalue weighted by atomic mass is 9.95. The highest BCUT2D eigenvalue weighted by molar-refractivity contribution is 7.89. The Kier molecular flexibility index (Phi) is 4.96. The van der Waals surface area contributed by atoms with Crippen LogP contribution in [0.3, 0.4) is 0 Å². The molecule has 0 saturated heterocycles. The van der Waals surface area contributed by atoms with E-state index in [1.807, 2.05) is 0 Å². The van der Waals surface area contributed by atoms with E-state index in [4.69, 9.17) is 28.9 Å². The van der Waals surface area contributed by atoms with Crippen LogP contribution in [0.25, 0.3) is 0 Å². The lowest BCUT2D eigenvalue weighted by molar-refractivity contribution is 0.468. The van der Waals surface area contributed by atoms with Gasteiger partial charge in [0.15, 0.2) is 0 Å². The quantitative estimate of drug-likeness (QED) is 0.655. The fraction of sp³-hybridized carbons (Fsp3) is 0.385. The van der Waals surface area contributed by atoms with Gasteiger partial charge in [0.05, 0.1) is 15.7 Å². The maximum absolute atomic E-state index is 12.2. The minimum Gasteiger partial charge on any atom is -0.396 e. The van der Waals surface area contributed by atoms with Gasteiger partial charge in [-0.15, -0.1) is 0 Å². The van der Waals surface area contributed by atoms with Gasteiger partial charge in [-0.05, 0) is 37.3 Å². The van der Waals surface area contributed by atoms with Gasteiger partial charge in [0, 0.05) is 6.54 Å². The van der Waals surface area contributed by atoms with E-state index in [-0.39, 0.29) is 20.6 Å². The van der Waals surface area contributed by atoms with Crippen molar-refractivity contribution in [3.8, 4) is 0 Å². The number of halogens is 2. The van der Waals surface area contributed by atoms with E-state index in [0.29, 0.717) is 12.5 Å². The number of anilines is 1. The van der Waals surface area contributed by atoms with Crippen molar-refractivity contribution in [2.24, 2.45) is 5.92 Å². The maximum atomic E-state index is 12.2. The number of nitrogens with one attached hydrogen (secondary N) is 1. The molecule has 0 heterocycles. The Labute approximate surface area is 129 Å². The molecule has 1 atom stereocenters. The van der Waals surface area contributed by atoms with Gasteiger partial charge in [0.25, 0.3) is 0 Å². The summed E-state index contributed by atoms with van der Waals surface area (Å²) in [5.74, 6) is 0.318. The second kappa shape index (κ2) is 6.35. The van der Waals surface area contributed by atoms with Crippen molar-refractivity contribution in [1.29, 1.82) is 0 Å². The molecule has 0 spiro atoms. The second-order valence-electron chi connectivity index (χ2n) is 4.78. The number of allylic oxidation sites excluding steroid dienone is 2. The molecule has 0 radical (unpaired) electrons. The van der Waals surface area contributed by atoms with Crippen molar-refractivity contribution in [1.82, 2.24) is 4.72 Å². The van der Waals surface area contributed by atoms with Crippen LogP contribution in [0.5, 0.6) is 0 Å². The van der Waals surface area contributed by atoms with Crippen LogP contribution >= 0.6 is 23.2 Å². The molecule has 1 unspecified atom stereocenters. The van der Waals surface area contributed by atoms with Crippen LogP contribution in [0.2, 0.25) is 10.0 Å². The van der Waals surface area contributed by atoms with Crippen LogP contribution in [-0.2, 0) is 10.0 Å². The van der Waals surface area contributed by atoms with E-state index in [2.05, 4.69) is 16.9 Å². The van der Waals surface area contributed by atoms with Gasteiger partial charge in [-0.1, -0.05) is 35.4 Å². The average Bonchev–Trinajstić information content (AvgIpc) is 2.44. The summed E-state index contributed by atoms with van der Waals surface area (Å²) in [7, 11) is -3.67. The molecule has 3 N–H and O–H groups in total. The molecule has 4 nitrogen and oxygen atoms in total. The van der Waals surface area contributed by atoms with E-state index < -0.39 is 10.0 Å². The standard InChI is InChI=1S/C13H16Cl2N2O2S/c14-10-6-7-11(12(15)13(10)16)20(18,19)17-8-9-4-2-1-3-5-9/h1-2,6-7,9,17H,3-5,8,16H2. The van der Waals surface area contributed by atoms with Crippen molar-refractivity contribution < 1.29 is 8.42 Å². The zero-order valence-corrected chi connectivity index (χ0v) is 13.1. The van der Waals surface area contributed by atoms with Crippen LogP contribution in [0.4, 0.5) is 5.69 Å². The highest BCUT2D eigenvalue weighted by Gasteiger charge is 2.22. The molecule has 7 heteroatoms. The van der Waals surface area contributed by atoms with Gasteiger partial charge in [-0.2, -0.15) is 0 Å². The van der Waals surface area contributed by atoms with Gasteiger partial charge >= 0.3 is 0 Å². The number of nitrogens with two attached hydrogens (primary N) is 1. The number of benzene rings is 1. The Bertz CT molecular complexity index is 630. The molecule has 110 valence electrons. The molecule has 0 saturated carbocycles. The van der Waals surface area contributed by atoms with Crippen LogP contribution in [0, 0.1) is 5.92 Å². The first kappa shape index (κ1) is 15.6. The fourth-order valence-corrected chi connectivity index (χ4v) is 3.98. The first-order valence-corrected chi connectivity index (χ1v) is 8.54. The van der Waals surface area contributed by atoms with Gasteiger partial charge < -0.3 is 5.73 Å². The molecule has 1 aromatic carbocycles. The highest BCUT2D eigenvalue weighted by atomic mass is 35.5. The molecule has 1 aliphatic rings. The minimum absolute atomic E-state index is 0.0338. The first-order valence-electron chi connectivity index (χ1n) is 6.30. The third-order valence-electron chi connectivity index (χ3n) is 3.32. The summed E-state index contributed by atoms with van der Waals surface area (Å²) in [4.78, 5) is -0.0348. The summed E-state index contributed by atoms with van der Waals surface area (Å²) >= 11 is 11.8. The number of rotatable bonds is 4. The molecular formula is C13H16Cl2N2O2S. The molecule has 0 amide bonds. The van der Waals surface area contributed by atoms with E-state index in [9.17, 15) is 8.42 Å². The van der Waals surface area contributed by atoms with Gasteiger partial charge in [-0.3, -0.25) is 0 Å². The summed E-state index contributed by atoms with van der Waals surface area (Å²) in [5, 5.41) is 0.208. The second-order valence-corrected chi connectivity index (χ2v) is 7.30. The Morgan fingerprint density at radius 3 is 2.70 bits per heavy atom. The maximum Gasteiger partial charge on any atom is 0.242 e. The average molecular weight is 335 g/mol. The van der Waals surface area contributed by atoms with Gasteiger partial charge in [-0.25, -0.2) is 13.1 Å². The number of nitrogen functional groups attached to an aromatic ring is 1. The van der Waals surface area contributed by atoms with Crippen LogP contribution in [-0.4, -0.2) is 15.0 Å². The van der Waals surface area contributed by atoms with Crippen molar-refractivity contribution in [2.75, 3.05) is 12.3 Å². The van der Waals surface area contributed by atoms with Crippen molar-refractivity contribution in [2.45, 2.75) is 24.2 Å². The Morgan fingerprint density at radius 1 is 1.30 bits per heavy atom. The molecule has 1 aromatic rings.